The Bertz CT molecular complexity index is 1510. The van der Waals surface area contributed by atoms with E-state index in [9.17, 15) is 19.6 Å². The normalized spacial score (nSPS) is 32.0. The predicted molar refractivity (Wildman–Crippen MR) is 160 cm³/mol. The second kappa shape index (κ2) is 11.3. The van der Waals surface area contributed by atoms with Gasteiger partial charge in [-0.2, -0.15) is 15.2 Å². The molecule has 3 saturated carbocycles. The van der Waals surface area contributed by atoms with Crippen LogP contribution in [0.1, 0.15) is 71.1 Å². The number of hydrogen-bond acceptors (Lipinski definition) is 8. The number of carbonyl (C=O) groups excluding carboxylic acids is 1. The van der Waals surface area contributed by atoms with Gasteiger partial charge in [0.25, 0.3) is 0 Å². The number of nitrogens with zero attached hydrogens (tertiary/aromatic N) is 3. The summed E-state index contributed by atoms with van der Waals surface area (Å²) in [5, 5.41) is 26.3. The van der Waals surface area contributed by atoms with Crippen molar-refractivity contribution in [3.8, 4) is 11.8 Å². The summed E-state index contributed by atoms with van der Waals surface area (Å²) in [7, 11) is 0. The molecule has 1 aromatic heterocycles. The van der Waals surface area contributed by atoms with Crippen LogP contribution in [0.15, 0.2) is 46.7 Å². The fourth-order valence-corrected chi connectivity index (χ4v) is 9.45. The van der Waals surface area contributed by atoms with Gasteiger partial charge < -0.3 is 9.84 Å². The lowest BCUT2D eigenvalue weighted by molar-refractivity contribution is -0.217. The second-order valence-electron chi connectivity index (χ2n) is 13.1. The first-order valence-electron chi connectivity index (χ1n) is 15.1. The molecule has 6 rings (SSSR count). The van der Waals surface area contributed by atoms with Crippen LogP contribution < -0.4 is 0 Å². The van der Waals surface area contributed by atoms with Gasteiger partial charge in [0.15, 0.2) is 0 Å². The maximum Gasteiger partial charge on any atom is 0.550 e. The van der Waals surface area contributed by atoms with Crippen LogP contribution in [0.3, 0.4) is 0 Å². The number of allylic oxidation sites excluding steroid dienone is 2. The molecule has 0 spiro atoms. The molecule has 2 aromatic rings. The van der Waals surface area contributed by atoms with Gasteiger partial charge in [0.2, 0.25) is 5.09 Å². The molecule has 6 atom stereocenters. The zero-order valence-corrected chi connectivity index (χ0v) is 25.8. The molecule has 4 aliphatic carbocycles. The molecule has 4 aliphatic rings. The number of halogens is 1. The number of rotatable bonds is 6. The Balaban J connectivity index is 1.29. The first kappa shape index (κ1) is 29.8. The summed E-state index contributed by atoms with van der Waals surface area (Å²) >= 11 is 1.22. The minimum atomic E-state index is -0.923. The Hall–Kier alpha value is -3.29. The average molecular weight is 608 g/mol. The van der Waals surface area contributed by atoms with Crippen molar-refractivity contribution in [2.45, 2.75) is 78.4 Å². The number of benzene rings is 1. The van der Waals surface area contributed by atoms with Crippen LogP contribution in [-0.4, -0.2) is 39.0 Å². The van der Waals surface area contributed by atoms with Crippen molar-refractivity contribution in [3.05, 3.63) is 63.8 Å². The van der Waals surface area contributed by atoms with E-state index in [1.807, 2.05) is 10.9 Å². The second-order valence-corrected chi connectivity index (χ2v) is 14.0. The molecule has 3 fully saturated rings. The Morgan fingerprint density at radius 3 is 2.70 bits per heavy atom. The molecule has 0 amide bonds. The Kier molecular flexibility index (Phi) is 7.84. The van der Waals surface area contributed by atoms with Crippen LogP contribution in [0.5, 0.6) is 0 Å². The summed E-state index contributed by atoms with van der Waals surface area (Å²) < 4.78 is 20.5. The number of fused-ring (bicyclic) bond motifs is 6. The molecule has 6 unspecified atom stereocenters. The minimum absolute atomic E-state index is 0.0839. The summed E-state index contributed by atoms with van der Waals surface area (Å²) in [4.78, 5) is 22.6. The zero-order valence-electron chi connectivity index (χ0n) is 25.0. The first-order valence-corrected chi connectivity index (χ1v) is 16.0. The predicted octanol–water partition coefficient (Wildman–Crippen LogP) is 7.13. The van der Waals surface area contributed by atoms with Crippen molar-refractivity contribution in [2.24, 2.45) is 28.6 Å². The first-order chi connectivity index (χ1) is 20.5. The lowest BCUT2D eigenvalue weighted by atomic mass is 9.46. The van der Waals surface area contributed by atoms with Crippen molar-refractivity contribution in [2.75, 3.05) is 5.75 Å². The van der Waals surface area contributed by atoms with Crippen molar-refractivity contribution in [1.29, 1.82) is 5.26 Å². The van der Waals surface area contributed by atoms with E-state index in [1.54, 1.807) is 26.0 Å². The Labute approximate surface area is 255 Å². The fraction of sp³-hybridized carbons (Fsp3) is 0.545. The van der Waals surface area contributed by atoms with Crippen LogP contribution in [-0.2, 0) is 20.9 Å². The van der Waals surface area contributed by atoms with Crippen molar-refractivity contribution < 1.29 is 28.8 Å². The molecular formula is C33H38FN3O5S. The van der Waals surface area contributed by atoms with Gasteiger partial charge in [-0.15, -0.1) is 0 Å². The number of carbonyl (C=O) groups is 1. The molecule has 1 aromatic carbocycles. The number of thioether (sulfide) groups is 1. The molecule has 0 bridgehead atoms. The molecule has 43 heavy (non-hydrogen) atoms. The molecule has 1 heterocycles. The summed E-state index contributed by atoms with van der Waals surface area (Å²) in [6, 6.07) is 8.53. The Morgan fingerprint density at radius 1 is 1.21 bits per heavy atom. The number of hydrogen-bond donors (Lipinski definition) is 1. The zero-order chi connectivity index (χ0) is 30.5. The number of aliphatic hydroxyl groups is 1. The maximum atomic E-state index is 13.6. The molecule has 10 heteroatoms. The highest BCUT2D eigenvalue weighted by atomic mass is 32.2. The van der Waals surface area contributed by atoms with E-state index in [4.69, 9.17) is 14.5 Å². The highest BCUT2D eigenvalue weighted by Crippen LogP contribution is 2.67. The van der Waals surface area contributed by atoms with Gasteiger partial charge in [-0.25, -0.2) is 14.0 Å². The van der Waals surface area contributed by atoms with Crippen LogP contribution in [0.25, 0.3) is 11.8 Å². The van der Waals surface area contributed by atoms with Crippen molar-refractivity contribution in [1.82, 2.24) is 9.78 Å². The van der Waals surface area contributed by atoms with Crippen LogP contribution in [0.4, 0.5) is 9.18 Å². The standard InChI is InChI=1S/C33H38FN3O5S/c1-19(2)40-31(39)42-41-30(43-14-13-35)26-12-11-25-24-10-5-21-15-27-20(18-36-37(27)23-8-6-22(34)7-9-23)16-32(21,3)29(24)28(38)17-33(25,26)4/h6-9,15,18-19,24-25,28-29,38H,5,10-12,14,16-17H2,1-4H3. The topological polar surface area (TPSA) is 107 Å². The van der Waals surface area contributed by atoms with Crippen LogP contribution >= 0.6 is 11.8 Å². The van der Waals surface area contributed by atoms with Crippen LogP contribution in [0.2, 0.25) is 0 Å². The number of aromatic nitrogens is 2. The third-order valence-corrected chi connectivity index (χ3v) is 11.2. The summed E-state index contributed by atoms with van der Waals surface area (Å²) in [6.45, 7) is 7.95. The van der Waals surface area contributed by atoms with Crippen molar-refractivity contribution in [3.63, 3.8) is 0 Å². The van der Waals surface area contributed by atoms with E-state index in [1.165, 1.54) is 29.5 Å². The smallest absolute Gasteiger partial charge is 0.429 e. The number of nitriles is 1. The van der Waals surface area contributed by atoms with Gasteiger partial charge in [0.05, 0.1) is 41.6 Å². The van der Waals surface area contributed by atoms with E-state index >= 15 is 0 Å². The van der Waals surface area contributed by atoms with E-state index in [0.29, 0.717) is 23.3 Å². The monoisotopic (exact) mass is 607 g/mol. The van der Waals surface area contributed by atoms with Gasteiger partial charge in [-0.3, -0.25) is 4.89 Å². The third kappa shape index (κ3) is 5.14. The highest BCUT2D eigenvalue weighted by molar-refractivity contribution is 8.03. The minimum Gasteiger partial charge on any atom is -0.429 e. The lowest BCUT2D eigenvalue weighted by Crippen LogP contribution is -2.56. The maximum absolute atomic E-state index is 13.6. The SMILES string of the molecule is CC(C)OC(=O)OOC(SCC#N)=C1CCC2C3CCC4=Cc5c(cnn5-c5ccc(F)cc5)CC4(C)C3C(O)CC12C. The number of aliphatic hydroxyl groups excluding tert-OH is 1. The molecule has 0 aliphatic heterocycles. The van der Waals surface area contributed by atoms with Gasteiger partial charge in [0.1, 0.15) is 5.82 Å². The molecular weight excluding hydrogens is 569 g/mol. The molecule has 0 radical (unpaired) electrons. The fourth-order valence-electron chi connectivity index (χ4n) is 8.66. The summed E-state index contributed by atoms with van der Waals surface area (Å²) in [5.41, 5.74) is 4.78. The molecule has 228 valence electrons. The van der Waals surface area contributed by atoms with Gasteiger partial charge in [0, 0.05) is 0 Å². The molecule has 1 N–H and O–H groups in total. The molecule has 0 saturated heterocycles. The largest absolute Gasteiger partial charge is 0.550 e. The van der Waals surface area contributed by atoms with Gasteiger partial charge in [-0.1, -0.05) is 31.2 Å². The Morgan fingerprint density at radius 2 is 1.98 bits per heavy atom. The summed E-state index contributed by atoms with van der Waals surface area (Å²) in [6.07, 6.45) is 7.30. The van der Waals surface area contributed by atoms with Crippen LogP contribution in [0, 0.1) is 45.7 Å². The average Bonchev–Trinajstić information content (AvgIpc) is 3.51. The quantitative estimate of drug-likeness (QED) is 0.160. The van der Waals surface area contributed by atoms with E-state index in [0.717, 1.165) is 54.6 Å². The van der Waals surface area contributed by atoms with E-state index < -0.39 is 12.3 Å². The van der Waals surface area contributed by atoms with Gasteiger partial charge in [-0.05, 0) is 122 Å². The summed E-state index contributed by atoms with van der Waals surface area (Å²) in [5.74, 6) is 0.579. The number of ether oxygens (including phenoxy) is 1. The van der Waals surface area contributed by atoms with Gasteiger partial charge >= 0.3 is 6.16 Å². The van der Waals surface area contributed by atoms with E-state index in [-0.39, 0.29) is 34.4 Å². The highest BCUT2D eigenvalue weighted by Gasteiger charge is 2.61. The lowest BCUT2D eigenvalue weighted by Gasteiger charge is -2.59. The molecule has 8 nitrogen and oxygen atoms in total. The van der Waals surface area contributed by atoms with Crippen molar-refractivity contribution >= 4 is 24.0 Å². The van der Waals surface area contributed by atoms with E-state index in [2.05, 4.69) is 31.1 Å². The third-order valence-electron chi connectivity index (χ3n) is 10.3.